The van der Waals surface area contributed by atoms with Crippen LogP contribution < -0.4 is 16.0 Å². The van der Waals surface area contributed by atoms with Crippen LogP contribution in [-0.4, -0.2) is 30.8 Å². The molecular weight excluding hydrogens is 330 g/mol. The summed E-state index contributed by atoms with van der Waals surface area (Å²) >= 11 is 0. The lowest BCUT2D eigenvalue weighted by atomic mass is 9.99. The fourth-order valence-electron chi connectivity index (χ4n) is 2.49. The summed E-state index contributed by atoms with van der Waals surface area (Å²) < 4.78 is 0. The highest BCUT2D eigenvalue weighted by Crippen LogP contribution is 2.15. The zero-order valence-electron chi connectivity index (χ0n) is 15.6. The number of hydrogen-bond acceptors (Lipinski definition) is 3. The van der Waals surface area contributed by atoms with E-state index in [9.17, 15) is 14.4 Å². The summed E-state index contributed by atoms with van der Waals surface area (Å²) in [6.45, 7) is 8.54. The SMILES string of the molecule is C=CCNC(=O)c1ccccc1NC(=O)C(=O)NC[C@@H](CC)CCCC. The van der Waals surface area contributed by atoms with E-state index in [-0.39, 0.29) is 5.91 Å². The zero-order valence-corrected chi connectivity index (χ0v) is 15.6. The predicted octanol–water partition coefficient (Wildman–Crippen LogP) is 2.87. The van der Waals surface area contributed by atoms with Gasteiger partial charge in [-0.05, 0) is 24.5 Å². The molecule has 0 saturated heterocycles. The van der Waals surface area contributed by atoms with Crippen molar-refractivity contribution in [3.63, 3.8) is 0 Å². The molecule has 0 aliphatic rings. The summed E-state index contributed by atoms with van der Waals surface area (Å²) in [5.41, 5.74) is 0.595. The molecule has 0 spiro atoms. The van der Waals surface area contributed by atoms with Crippen LogP contribution in [0.25, 0.3) is 0 Å². The minimum Gasteiger partial charge on any atom is -0.349 e. The van der Waals surface area contributed by atoms with Crippen LogP contribution >= 0.6 is 0 Å². The van der Waals surface area contributed by atoms with Crippen LogP contribution in [0.1, 0.15) is 49.9 Å². The number of amides is 3. The number of nitrogens with one attached hydrogen (secondary N) is 3. The van der Waals surface area contributed by atoms with Crippen LogP contribution in [0.5, 0.6) is 0 Å². The largest absolute Gasteiger partial charge is 0.349 e. The molecule has 1 rings (SSSR count). The lowest BCUT2D eigenvalue weighted by molar-refractivity contribution is -0.136. The van der Waals surface area contributed by atoms with Crippen LogP contribution in [0.15, 0.2) is 36.9 Å². The van der Waals surface area contributed by atoms with Gasteiger partial charge in [0.15, 0.2) is 0 Å². The standard InChI is InChI=1S/C20H29N3O3/c1-4-7-10-15(6-3)14-22-19(25)20(26)23-17-12-9-8-11-16(17)18(24)21-13-5-2/h5,8-9,11-12,15H,2,4,6-7,10,13-14H2,1,3H3,(H,21,24)(H,22,25)(H,23,26)/t15-/m0/s1. The lowest BCUT2D eigenvalue weighted by Gasteiger charge is -2.15. The number of benzene rings is 1. The Morgan fingerprint density at radius 3 is 2.50 bits per heavy atom. The molecule has 0 fully saturated rings. The van der Waals surface area contributed by atoms with Crippen molar-refractivity contribution < 1.29 is 14.4 Å². The maximum Gasteiger partial charge on any atom is 0.313 e. The minimum absolute atomic E-state index is 0.296. The number of anilines is 1. The summed E-state index contributed by atoms with van der Waals surface area (Å²) in [5.74, 6) is -1.45. The summed E-state index contributed by atoms with van der Waals surface area (Å²) in [7, 11) is 0. The first-order valence-corrected chi connectivity index (χ1v) is 9.10. The lowest BCUT2D eigenvalue weighted by Crippen LogP contribution is -2.38. The van der Waals surface area contributed by atoms with Crippen LogP contribution in [0.3, 0.4) is 0 Å². The number of carbonyl (C=O) groups excluding carboxylic acids is 3. The van der Waals surface area contributed by atoms with Gasteiger partial charge >= 0.3 is 11.8 Å². The molecule has 6 nitrogen and oxygen atoms in total. The Morgan fingerprint density at radius 1 is 1.12 bits per heavy atom. The molecule has 0 saturated carbocycles. The third-order valence-corrected chi connectivity index (χ3v) is 4.13. The van der Waals surface area contributed by atoms with Gasteiger partial charge in [-0.25, -0.2) is 0 Å². The molecular formula is C20H29N3O3. The minimum atomic E-state index is -0.778. The fourth-order valence-corrected chi connectivity index (χ4v) is 2.49. The van der Waals surface area contributed by atoms with Gasteiger partial charge in [0.2, 0.25) is 0 Å². The van der Waals surface area contributed by atoms with Crippen molar-refractivity contribution in [3.05, 3.63) is 42.5 Å². The normalized spacial score (nSPS) is 11.3. The molecule has 3 amide bonds. The zero-order chi connectivity index (χ0) is 19.4. The molecule has 1 aromatic rings. The van der Waals surface area contributed by atoms with Gasteiger partial charge in [-0.15, -0.1) is 6.58 Å². The Morgan fingerprint density at radius 2 is 1.85 bits per heavy atom. The molecule has 0 bridgehead atoms. The van der Waals surface area contributed by atoms with Gasteiger partial charge in [0, 0.05) is 13.1 Å². The van der Waals surface area contributed by atoms with E-state index in [0.717, 1.165) is 25.7 Å². The Bertz CT molecular complexity index is 628. The molecule has 6 heteroatoms. The first kappa shape index (κ1) is 21.4. The van der Waals surface area contributed by atoms with Gasteiger partial charge in [-0.1, -0.05) is 51.3 Å². The van der Waals surface area contributed by atoms with E-state index in [4.69, 9.17) is 0 Å². The molecule has 142 valence electrons. The average molecular weight is 359 g/mol. The average Bonchev–Trinajstić information content (AvgIpc) is 2.66. The topological polar surface area (TPSA) is 87.3 Å². The predicted molar refractivity (Wildman–Crippen MR) is 104 cm³/mol. The Hall–Kier alpha value is -2.63. The summed E-state index contributed by atoms with van der Waals surface area (Å²) in [6, 6.07) is 6.56. The molecule has 26 heavy (non-hydrogen) atoms. The van der Waals surface area contributed by atoms with Crippen LogP contribution in [0.4, 0.5) is 5.69 Å². The second kappa shape index (κ2) is 11.8. The smallest absolute Gasteiger partial charge is 0.313 e. The third-order valence-electron chi connectivity index (χ3n) is 4.13. The van der Waals surface area contributed by atoms with Crippen molar-refractivity contribution in [1.29, 1.82) is 0 Å². The highest BCUT2D eigenvalue weighted by molar-refractivity contribution is 6.40. The molecule has 0 aliphatic heterocycles. The Kier molecular flexibility index (Phi) is 9.75. The Balaban J connectivity index is 2.65. The van der Waals surface area contributed by atoms with Crippen molar-refractivity contribution in [2.24, 2.45) is 5.92 Å². The first-order chi connectivity index (χ1) is 12.5. The first-order valence-electron chi connectivity index (χ1n) is 9.10. The number of rotatable bonds is 10. The quantitative estimate of drug-likeness (QED) is 0.443. The number of hydrogen-bond donors (Lipinski definition) is 3. The van der Waals surface area contributed by atoms with Crippen molar-refractivity contribution >= 4 is 23.4 Å². The summed E-state index contributed by atoms with van der Waals surface area (Å²) in [6.07, 6.45) is 5.76. The maximum absolute atomic E-state index is 12.1. The van der Waals surface area contributed by atoms with E-state index in [1.165, 1.54) is 0 Å². The monoisotopic (exact) mass is 359 g/mol. The van der Waals surface area contributed by atoms with Gasteiger partial charge in [-0.3, -0.25) is 14.4 Å². The molecule has 0 radical (unpaired) electrons. The molecule has 3 N–H and O–H groups in total. The third kappa shape index (κ3) is 7.09. The molecule has 0 aromatic heterocycles. The molecule has 1 aromatic carbocycles. The number of para-hydroxylation sites is 1. The molecule has 0 heterocycles. The van der Waals surface area contributed by atoms with E-state index in [2.05, 4.69) is 36.4 Å². The van der Waals surface area contributed by atoms with Crippen molar-refractivity contribution in [2.45, 2.75) is 39.5 Å². The highest BCUT2D eigenvalue weighted by atomic mass is 16.2. The highest BCUT2D eigenvalue weighted by Gasteiger charge is 2.18. The van der Waals surface area contributed by atoms with E-state index in [1.54, 1.807) is 30.3 Å². The van der Waals surface area contributed by atoms with Crippen molar-refractivity contribution in [1.82, 2.24) is 10.6 Å². The fraction of sp³-hybridized carbons (Fsp3) is 0.450. The molecule has 1 atom stereocenters. The van der Waals surface area contributed by atoms with Gasteiger partial charge < -0.3 is 16.0 Å². The van der Waals surface area contributed by atoms with E-state index in [1.807, 2.05) is 0 Å². The molecule has 0 unspecified atom stereocenters. The van der Waals surface area contributed by atoms with Gasteiger partial charge in [0.25, 0.3) is 5.91 Å². The van der Waals surface area contributed by atoms with Crippen LogP contribution in [0.2, 0.25) is 0 Å². The van der Waals surface area contributed by atoms with E-state index < -0.39 is 11.8 Å². The number of unbranched alkanes of at least 4 members (excludes halogenated alkanes) is 1. The van der Waals surface area contributed by atoms with Crippen molar-refractivity contribution in [2.75, 3.05) is 18.4 Å². The number of carbonyl (C=O) groups is 3. The van der Waals surface area contributed by atoms with Gasteiger partial charge in [0.1, 0.15) is 0 Å². The summed E-state index contributed by atoms with van der Waals surface area (Å²) in [5, 5.41) is 7.85. The second-order valence-corrected chi connectivity index (χ2v) is 6.12. The maximum atomic E-state index is 12.1. The van der Waals surface area contributed by atoms with Crippen LogP contribution in [0, 0.1) is 5.92 Å². The van der Waals surface area contributed by atoms with Crippen molar-refractivity contribution in [3.8, 4) is 0 Å². The van der Waals surface area contributed by atoms with Crippen LogP contribution in [-0.2, 0) is 9.59 Å². The van der Waals surface area contributed by atoms with Gasteiger partial charge in [0.05, 0.1) is 11.3 Å². The van der Waals surface area contributed by atoms with Gasteiger partial charge in [-0.2, -0.15) is 0 Å². The second-order valence-electron chi connectivity index (χ2n) is 6.12. The van der Waals surface area contributed by atoms with E-state index >= 15 is 0 Å². The van der Waals surface area contributed by atoms with E-state index in [0.29, 0.717) is 30.3 Å². The Labute approximate surface area is 155 Å². The summed E-state index contributed by atoms with van der Waals surface area (Å²) in [4.78, 5) is 36.3. The molecule has 0 aliphatic carbocycles.